The molecule has 0 bridgehead atoms. The molecule has 0 spiro atoms. The molecule has 5 heteroatoms. The number of aryl methyl sites for hydroxylation is 1. The molecule has 1 aliphatic rings. The standard InChI is InChI=1S/C9H14N4O/c1-12-5-3-11-8(9(12)14)13-4-2-7(10)6-13/h3,5,7H,2,4,6,10H2,1H3/t7-/m1/s1. The molecule has 0 radical (unpaired) electrons. The number of hydrogen-bond acceptors (Lipinski definition) is 4. The largest absolute Gasteiger partial charge is 0.350 e. The molecule has 14 heavy (non-hydrogen) atoms. The molecule has 1 aromatic heterocycles. The van der Waals surface area contributed by atoms with Crippen molar-refractivity contribution in [1.82, 2.24) is 9.55 Å². The zero-order valence-corrected chi connectivity index (χ0v) is 8.18. The molecule has 2 rings (SSSR count). The van der Waals surface area contributed by atoms with Crippen LogP contribution in [0.2, 0.25) is 0 Å². The van der Waals surface area contributed by atoms with Gasteiger partial charge in [0.1, 0.15) is 0 Å². The van der Waals surface area contributed by atoms with Crippen LogP contribution in [-0.2, 0) is 7.05 Å². The number of nitrogens with zero attached hydrogens (tertiary/aromatic N) is 3. The molecule has 2 heterocycles. The van der Waals surface area contributed by atoms with Gasteiger partial charge in [0.2, 0.25) is 0 Å². The highest BCUT2D eigenvalue weighted by Gasteiger charge is 2.22. The summed E-state index contributed by atoms with van der Waals surface area (Å²) in [5.74, 6) is 0.517. The normalized spacial score (nSPS) is 21.6. The van der Waals surface area contributed by atoms with Gasteiger partial charge in [-0.3, -0.25) is 4.79 Å². The Morgan fingerprint density at radius 3 is 3.07 bits per heavy atom. The van der Waals surface area contributed by atoms with Gasteiger partial charge in [-0.15, -0.1) is 0 Å². The second kappa shape index (κ2) is 3.42. The Balaban J connectivity index is 2.33. The fourth-order valence-corrected chi connectivity index (χ4v) is 1.68. The summed E-state index contributed by atoms with van der Waals surface area (Å²) in [4.78, 5) is 17.7. The van der Waals surface area contributed by atoms with Gasteiger partial charge in [0, 0.05) is 38.6 Å². The third-order valence-electron chi connectivity index (χ3n) is 2.52. The van der Waals surface area contributed by atoms with Crippen LogP contribution in [0.3, 0.4) is 0 Å². The highest BCUT2D eigenvalue weighted by molar-refractivity contribution is 5.37. The van der Waals surface area contributed by atoms with Crippen molar-refractivity contribution < 1.29 is 0 Å². The Hall–Kier alpha value is -1.36. The van der Waals surface area contributed by atoms with E-state index >= 15 is 0 Å². The van der Waals surface area contributed by atoms with Gasteiger partial charge < -0.3 is 15.2 Å². The van der Waals surface area contributed by atoms with Gasteiger partial charge in [-0.05, 0) is 6.42 Å². The van der Waals surface area contributed by atoms with E-state index in [2.05, 4.69) is 4.98 Å². The Bertz CT molecular complexity index is 387. The average molecular weight is 194 g/mol. The Morgan fingerprint density at radius 1 is 1.64 bits per heavy atom. The van der Waals surface area contributed by atoms with Gasteiger partial charge in [-0.25, -0.2) is 4.98 Å². The summed E-state index contributed by atoms with van der Waals surface area (Å²) in [6, 6.07) is 0.168. The lowest BCUT2D eigenvalue weighted by atomic mass is 10.3. The fourth-order valence-electron chi connectivity index (χ4n) is 1.68. The monoisotopic (exact) mass is 194 g/mol. The quantitative estimate of drug-likeness (QED) is 0.643. The first kappa shape index (κ1) is 9.21. The molecule has 0 aromatic carbocycles. The number of anilines is 1. The van der Waals surface area contributed by atoms with E-state index in [0.717, 1.165) is 19.5 Å². The molecule has 1 saturated heterocycles. The van der Waals surface area contributed by atoms with Crippen molar-refractivity contribution in [2.75, 3.05) is 18.0 Å². The Kier molecular flexibility index (Phi) is 2.25. The minimum absolute atomic E-state index is 0.0541. The van der Waals surface area contributed by atoms with Gasteiger partial charge in [0.15, 0.2) is 5.82 Å². The van der Waals surface area contributed by atoms with E-state index in [9.17, 15) is 4.79 Å². The second-order valence-electron chi connectivity index (χ2n) is 3.66. The summed E-state index contributed by atoms with van der Waals surface area (Å²) in [6.07, 6.45) is 4.22. The van der Waals surface area contributed by atoms with Crippen molar-refractivity contribution in [2.45, 2.75) is 12.5 Å². The van der Waals surface area contributed by atoms with E-state index in [1.165, 1.54) is 4.57 Å². The Labute approximate surface area is 82.2 Å². The van der Waals surface area contributed by atoms with E-state index < -0.39 is 0 Å². The first-order valence-electron chi connectivity index (χ1n) is 4.70. The van der Waals surface area contributed by atoms with Crippen LogP contribution in [-0.4, -0.2) is 28.7 Å². The number of nitrogens with two attached hydrogens (primary N) is 1. The molecule has 1 aliphatic heterocycles. The minimum Gasteiger partial charge on any atom is -0.350 e. The van der Waals surface area contributed by atoms with Crippen LogP contribution in [0.4, 0.5) is 5.82 Å². The maximum Gasteiger partial charge on any atom is 0.293 e. The number of hydrogen-bond donors (Lipinski definition) is 1. The van der Waals surface area contributed by atoms with E-state index in [1.807, 2.05) is 4.90 Å². The van der Waals surface area contributed by atoms with Crippen LogP contribution >= 0.6 is 0 Å². The lowest BCUT2D eigenvalue weighted by Gasteiger charge is -2.15. The number of aromatic nitrogens is 2. The topological polar surface area (TPSA) is 64.2 Å². The molecule has 2 N–H and O–H groups in total. The maximum atomic E-state index is 11.7. The smallest absolute Gasteiger partial charge is 0.293 e. The molecule has 0 unspecified atom stereocenters. The average Bonchev–Trinajstić information content (AvgIpc) is 2.57. The predicted molar refractivity (Wildman–Crippen MR) is 54.3 cm³/mol. The minimum atomic E-state index is -0.0541. The summed E-state index contributed by atoms with van der Waals surface area (Å²) < 4.78 is 1.53. The van der Waals surface area contributed by atoms with Crippen molar-refractivity contribution in [3.8, 4) is 0 Å². The molecule has 5 nitrogen and oxygen atoms in total. The lowest BCUT2D eigenvalue weighted by Crippen LogP contribution is -2.33. The number of rotatable bonds is 1. The van der Waals surface area contributed by atoms with Crippen molar-refractivity contribution >= 4 is 5.82 Å². The van der Waals surface area contributed by atoms with Crippen molar-refractivity contribution in [2.24, 2.45) is 12.8 Å². The van der Waals surface area contributed by atoms with E-state index in [-0.39, 0.29) is 11.6 Å². The molecule has 0 aliphatic carbocycles. The van der Waals surface area contributed by atoms with Crippen molar-refractivity contribution in [3.63, 3.8) is 0 Å². The third kappa shape index (κ3) is 1.50. The summed E-state index contributed by atoms with van der Waals surface area (Å²) in [7, 11) is 1.73. The first-order valence-corrected chi connectivity index (χ1v) is 4.70. The van der Waals surface area contributed by atoms with Crippen LogP contribution in [0.1, 0.15) is 6.42 Å². The van der Waals surface area contributed by atoms with Crippen molar-refractivity contribution in [1.29, 1.82) is 0 Å². The Morgan fingerprint density at radius 2 is 2.43 bits per heavy atom. The summed E-state index contributed by atoms with van der Waals surface area (Å²) >= 11 is 0. The molecule has 1 atom stereocenters. The van der Waals surface area contributed by atoms with Gasteiger partial charge in [0.05, 0.1) is 0 Å². The maximum absolute atomic E-state index is 11.7. The van der Waals surface area contributed by atoms with E-state index in [4.69, 9.17) is 5.73 Å². The molecular weight excluding hydrogens is 180 g/mol. The fraction of sp³-hybridized carbons (Fsp3) is 0.556. The zero-order valence-electron chi connectivity index (χ0n) is 8.18. The van der Waals surface area contributed by atoms with Gasteiger partial charge in [0.25, 0.3) is 5.56 Å². The molecular formula is C9H14N4O. The summed E-state index contributed by atoms with van der Waals surface area (Å²) in [5, 5.41) is 0. The third-order valence-corrected chi connectivity index (χ3v) is 2.52. The van der Waals surface area contributed by atoms with Crippen LogP contribution in [0.25, 0.3) is 0 Å². The zero-order chi connectivity index (χ0) is 10.1. The molecule has 1 aromatic rings. The van der Waals surface area contributed by atoms with Gasteiger partial charge in [-0.1, -0.05) is 0 Å². The van der Waals surface area contributed by atoms with Gasteiger partial charge in [-0.2, -0.15) is 0 Å². The first-order chi connectivity index (χ1) is 6.68. The molecule has 1 fully saturated rings. The highest BCUT2D eigenvalue weighted by Crippen LogP contribution is 2.12. The van der Waals surface area contributed by atoms with Crippen LogP contribution in [0, 0.1) is 0 Å². The molecule has 0 saturated carbocycles. The predicted octanol–water partition coefficient (Wildman–Crippen LogP) is -0.682. The van der Waals surface area contributed by atoms with E-state index in [0.29, 0.717) is 5.82 Å². The second-order valence-corrected chi connectivity index (χ2v) is 3.66. The van der Waals surface area contributed by atoms with Crippen LogP contribution < -0.4 is 16.2 Å². The van der Waals surface area contributed by atoms with Crippen LogP contribution in [0.15, 0.2) is 17.2 Å². The van der Waals surface area contributed by atoms with E-state index in [1.54, 1.807) is 19.4 Å². The summed E-state index contributed by atoms with van der Waals surface area (Å²) in [6.45, 7) is 1.56. The SMILES string of the molecule is Cn1ccnc(N2CC[C@@H](N)C2)c1=O. The lowest BCUT2D eigenvalue weighted by molar-refractivity contribution is 0.748. The van der Waals surface area contributed by atoms with Gasteiger partial charge >= 0.3 is 0 Å². The molecule has 0 amide bonds. The highest BCUT2D eigenvalue weighted by atomic mass is 16.1. The van der Waals surface area contributed by atoms with Crippen LogP contribution in [0.5, 0.6) is 0 Å². The molecule has 76 valence electrons. The summed E-state index contributed by atoms with van der Waals surface area (Å²) in [5.41, 5.74) is 5.72. The van der Waals surface area contributed by atoms with Crippen molar-refractivity contribution in [3.05, 3.63) is 22.7 Å².